The molecule has 0 aliphatic rings. The lowest BCUT2D eigenvalue weighted by Crippen LogP contribution is -2.24. The fourth-order valence-electron chi connectivity index (χ4n) is 1.12. The summed E-state index contributed by atoms with van der Waals surface area (Å²) in [5, 5.41) is 5.49. The maximum absolute atomic E-state index is 5.52. The van der Waals surface area contributed by atoms with Gasteiger partial charge in [-0.05, 0) is 6.42 Å². The number of aryl methyl sites for hydroxylation is 1. The zero-order valence-electron chi connectivity index (χ0n) is 10.1. The van der Waals surface area contributed by atoms with Crippen LogP contribution in [0, 0.1) is 0 Å². The van der Waals surface area contributed by atoms with Crippen molar-refractivity contribution in [3.05, 3.63) is 24.0 Å². The molecule has 0 radical (unpaired) electrons. The van der Waals surface area contributed by atoms with Gasteiger partial charge in [-0.15, -0.1) is 11.7 Å². The predicted octanol–water partition coefficient (Wildman–Crippen LogP) is 2.62. The van der Waals surface area contributed by atoms with Gasteiger partial charge in [-0.25, -0.2) is 0 Å². The first-order valence-electron chi connectivity index (χ1n) is 5.20. The first-order valence-corrected chi connectivity index (χ1v) is 8.70. The predicted molar refractivity (Wildman–Crippen MR) is 65.8 cm³/mol. The van der Waals surface area contributed by atoms with Crippen molar-refractivity contribution in [2.75, 3.05) is 6.61 Å². The first kappa shape index (κ1) is 12.0. The highest BCUT2D eigenvalue weighted by molar-refractivity contribution is 6.82. The van der Waals surface area contributed by atoms with E-state index in [1.807, 2.05) is 19.3 Å². The Morgan fingerprint density at radius 3 is 2.67 bits per heavy atom. The number of aromatic nitrogens is 2. The van der Waals surface area contributed by atoms with Gasteiger partial charge in [0.15, 0.2) is 0 Å². The first-order chi connectivity index (χ1) is 6.89. The van der Waals surface area contributed by atoms with Crippen molar-refractivity contribution in [2.24, 2.45) is 7.05 Å². The van der Waals surface area contributed by atoms with E-state index >= 15 is 0 Å². The molecule has 15 heavy (non-hydrogen) atoms. The lowest BCUT2D eigenvalue weighted by molar-refractivity contribution is 0.307. The average molecular weight is 224 g/mol. The molecule has 0 amide bonds. The molecule has 0 fully saturated rings. The van der Waals surface area contributed by atoms with Crippen LogP contribution in [-0.2, 0) is 7.05 Å². The van der Waals surface area contributed by atoms with Gasteiger partial charge in [-0.3, -0.25) is 4.68 Å². The molecule has 0 N–H and O–H groups in total. The summed E-state index contributed by atoms with van der Waals surface area (Å²) < 4.78 is 7.26. The Hall–Kier alpha value is -1.03. The van der Waals surface area contributed by atoms with E-state index in [0.717, 1.165) is 6.42 Å². The van der Waals surface area contributed by atoms with Gasteiger partial charge >= 0.3 is 0 Å². The van der Waals surface area contributed by atoms with E-state index in [9.17, 15) is 0 Å². The molecule has 1 rings (SSSR count). The Balaban J connectivity index is 2.31. The van der Waals surface area contributed by atoms with Crippen molar-refractivity contribution >= 4 is 8.07 Å². The quantitative estimate of drug-likeness (QED) is 0.719. The van der Waals surface area contributed by atoms with Crippen LogP contribution in [0.3, 0.4) is 0 Å². The van der Waals surface area contributed by atoms with Crippen molar-refractivity contribution in [1.29, 1.82) is 0 Å². The van der Waals surface area contributed by atoms with Gasteiger partial charge in [0.05, 0.1) is 14.7 Å². The van der Waals surface area contributed by atoms with Crippen molar-refractivity contribution in [1.82, 2.24) is 9.78 Å². The van der Waals surface area contributed by atoms with Gasteiger partial charge in [0.1, 0.15) is 0 Å². The summed E-state index contributed by atoms with van der Waals surface area (Å²) in [6.45, 7) is 11.7. The second-order valence-electron chi connectivity index (χ2n) is 4.78. The molecule has 0 bridgehead atoms. The molecule has 4 heteroatoms. The van der Waals surface area contributed by atoms with Crippen LogP contribution in [-0.4, -0.2) is 24.5 Å². The topological polar surface area (TPSA) is 27.1 Å². The van der Waals surface area contributed by atoms with Crippen LogP contribution in [0.25, 0.3) is 0 Å². The molecule has 0 saturated heterocycles. The summed E-state index contributed by atoms with van der Waals surface area (Å²) in [6.07, 6.45) is 2.81. The Kier molecular flexibility index (Phi) is 3.74. The fraction of sp³-hybridized carbons (Fsp3) is 0.545. The molecule has 1 aromatic rings. The van der Waals surface area contributed by atoms with Crippen molar-refractivity contribution in [2.45, 2.75) is 26.1 Å². The van der Waals surface area contributed by atoms with Gasteiger partial charge in [-0.1, -0.05) is 24.8 Å². The minimum Gasteiger partial charge on any atom is -0.476 e. The Morgan fingerprint density at radius 1 is 1.53 bits per heavy atom. The lowest BCUT2D eigenvalue weighted by atomic mass is 10.4. The third-order valence-electron chi connectivity index (χ3n) is 2.40. The minimum absolute atomic E-state index is 0.681. The molecule has 0 aliphatic heterocycles. The zero-order valence-corrected chi connectivity index (χ0v) is 11.1. The summed E-state index contributed by atoms with van der Waals surface area (Å²) in [5.41, 5.74) is 0. The lowest BCUT2D eigenvalue weighted by Gasteiger charge is -2.19. The van der Waals surface area contributed by atoms with E-state index in [1.165, 1.54) is 5.20 Å². The molecule has 0 atom stereocenters. The molecular weight excluding hydrogens is 204 g/mol. The van der Waals surface area contributed by atoms with Gasteiger partial charge in [-0.2, -0.15) is 0 Å². The van der Waals surface area contributed by atoms with E-state index in [-0.39, 0.29) is 0 Å². The van der Waals surface area contributed by atoms with Crippen LogP contribution < -0.4 is 4.74 Å². The summed E-state index contributed by atoms with van der Waals surface area (Å²) >= 11 is 0. The third kappa shape index (κ3) is 3.91. The highest BCUT2D eigenvalue weighted by atomic mass is 28.3. The summed E-state index contributed by atoms with van der Waals surface area (Å²) in [6, 6.07) is 1.87. The zero-order chi connectivity index (χ0) is 11.5. The normalized spacial score (nSPS) is 11.5. The van der Waals surface area contributed by atoms with Crippen LogP contribution in [0.4, 0.5) is 0 Å². The second-order valence-corrected chi connectivity index (χ2v) is 9.99. The fourth-order valence-corrected chi connectivity index (χ4v) is 1.98. The van der Waals surface area contributed by atoms with Gasteiger partial charge < -0.3 is 4.74 Å². The molecule has 0 unspecified atom stereocenters. The van der Waals surface area contributed by atoms with Crippen LogP contribution in [0.2, 0.25) is 19.6 Å². The van der Waals surface area contributed by atoms with Crippen molar-refractivity contribution < 1.29 is 4.74 Å². The smallest absolute Gasteiger partial charge is 0.232 e. The summed E-state index contributed by atoms with van der Waals surface area (Å²) in [5.74, 6) is 0.695. The summed E-state index contributed by atoms with van der Waals surface area (Å²) in [7, 11) is 0.689. The van der Waals surface area contributed by atoms with Crippen LogP contribution in [0.5, 0.6) is 5.88 Å². The Bertz CT molecular complexity index is 339. The van der Waals surface area contributed by atoms with Crippen molar-refractivity contribution in [3.63, 3.8) is 0 Å². The van der Waals surface area contributed by atoms with E-state index in [4.69, 9.17) is 4.74 Å². The molecule has 0 aliphatic carbocycles. The average Bonchev–Trinajstić information content (AvgIpc) is 2.49. The van der Waals surface area contributed by atoms with E-state index in [0.29, 0.717) is 12.5 Å². The molecule has 84 valence electrons. The SMILES string of the molecule is C=C(CCOc1ccn(C)n1)[Si](C)(C)C. The highest BCUT2D eigenvalue weighted by Crippen LogP contribution is 2.16. The molecule has 0 saturated carbocycles. The molecule has 1 heterocycles. The summed E-state index contributed by atoms with van der Waals surface area (Å²) in [4.78, 5) is 0. The van der Waals surface area contributed by atoms with E-state index < -0.39 is 8.07 Å². The van der Waals surface area contributed by atoms with E-state index in [1.54, 1.807) is 4.68 Å². The highest BCUT2D eigenvalue weighted by Gasteiger charge is 2.16. The molecule has 0 spiro atoms. The number of rotatable bonds is 5. The van der Waals surface area contributed by atoms with Crippen LogP contribution in [0.1, 0.15) is 6.42 Å². The molecule has 0 aromatic carbocycles. The van der Waals surface area contributed by atoms with Gasteiger partial charge in [0, 0.05) is 19.3 Å². The standard InChI is InChI=1S/C11H20N2OSi/c1-10(15(3,4)5)7-9-14-11-6-8-13(2)12-11/h6,8H,1,7,9H2,2-5H3. The Labute approximate surface area is 92.8 Å². The maximum Gasteiger partial charge on any atom is 0.232 e. The Morgan fingerprint density at radius 2 is 2.20 bits per heavy atom. The second kappa shape index (κ2) is 4.66. The monoisotopic (exact) mass is 224 g/mol. The third-order valence-corrected chi connectivity index (χ3v) is 4.77. The number of ether oxygens (including phenoxy) is 1. The minimum atomic E-state index is -1.19. The van der Waals surface area contributed by atoms with Crippen molar-refractivity contribution in [3.8, 4) is 5.88 Å². The number of nitrogens with zero attached hydrogens (tertiary/aromatic N) is 2. The van der Waals surface area contributed by atoms with Gasteiger partial charge in [0.25, 0.3) is 0 Å². The van der Waals surface area contributed by atoms with Crippen LogP contribution in [0.15, 0.2) is 24.0 Å². The number of hydrogen-bond donors (Lipinski definition) is 0. The van der Waals surface area contributed by atoms with Crippen LogP contribution >= 0.6 is 0 Å². The molecule has 3 nitrogen and oxygen atoms in total. The largest absolute Gasteiger partial charge is 0.476 e. The molecular formula is C11H20N2OSi. The number of hydrogen-bond acceptors (Lipinski definition) is 2. The maximum atomic E-state index is 5.52. The molecule has 1 aromatic heterocycles. The van der Waals surface area contributed by atoms with E-state index in [2.05, 4.69) is 31.3 Å². The van der Waals surface area contributed by atoms with Gasteiger partial charge in [0.2, 0.25) is 5.88 Å².